The predicted molar refractivity (Wildman–Crippen MR) is 75.5 cm³/mol. The van der Waals surface area contributed by atoms with Crippen molar-refractivity contribution in [1.29, 1.82) is 0 Å². The third-order valence-corrected chi connectivity index (χ3v) is 3.15. The van der Waals surface area contributed by atoms with E-state index in [0.717, 1.165) is 10.9 Å². The summed E-state index contributed by atoms with van der Waals surface area (Å²) >= 11 is 0. The zero-order chi connectivity index (χ0) is 13.9. The number of nitrogens with one attached hydrogen (secondary N) is 1. The fourth-order valence-electron chi connectivity index (χ4n) is 2.12. The minimum absolute atomic E-state index is 0. The quantitative estimate of drug-likeness (QED) is 0.483. The summed E-state index contributed by atoms with van der Waals surface area (Å²) in [5.74, 6) is 0.0364. The number of fused-ring (bicyclic) bond motifs is 1. The minimum Gasteiger partial charge on any atom is -1.00 e. The summed E-state index contributed by atoms with van der Waals surface area (Å²) in [5.41, 5.74) is 1.23. The first kappa shape index (κ1) is 14.9. The highest BCUT2D eigenvalue weighted by atomic mass is 35.5. The molecular formula is C16H13ClN2O2. The van der Waals surface area contributed by atoms with Gasteiger partial charge in [-0.1, -0.05) is 6.07 Å². The highest BCUT2D eigenvalue weighted by Gasteiger charge is 2.12. The number of ketones is 1. The SMILES string of the molecule is O=C(C[n+]1ccccc1)c1ccc2[nH]c(=O)ccc2c1.[Cl-]. The number of hydrogen-bond acceptors (Lipinski definition) is 2. The van der Waals surface area contributed by atoms with Crippen LogP contribution in [0.4, 0.5) is 0 Å². The second-order valence-corrected chi connectivity index (χ2v) is 4.60. The van der Waals surface area contributed by atoms with Gasteiger partial charge in [-0.3, -0.25) is 9.59 Å². The summed E-state index contributed by atoms with van der Waals surface area (Å²) in [7, 11) is 0. The molecule has 0 amide bonds. The lowest BCUT2D eigenvalue weighted by Gasteiger charge is -2.01. The third-order valence-electron chi connectivity index (χ3n) is 3.15. The number of aromatic amines is 1. The molecule has 1 N–H and O–H groups in total. The number of hydrogen-bond donors (Lipinski definition) is 1. The van der Waals surface area contributed by atoms with Gasteiger partial charge in [0, 0.05) is 29.3 Å². The van der Waals surface area contributed by atoms with Gasteiger partial charge < -0.3 is 17.4 Å². The maximum atomic E-state index is 12.2. The number of rotatable bonds is 3. The van der Waals surface area contributed by atoms with Gasteiger partial charge in [0.05, 0.1) is 0 Å². The van der Waals surface area contributed by atoms with Crippen molar-refractivity contribution in [1.82, 2.24) is 4.98 Å². The molecule has 1 aromatic carbocycles. The van der Waals surface area contributed by atoms with Crippen LogP contribution in [0.15, 0.2) is 65.7 Å². The Morgan fingerprint density at radius 2 is 1.81 bits per heavy atom. The summed E-state index contributed by atoms with van der Waals surface area (Å²) in [4.78, 5) is 26.2. The molecular weight excluding hydrogens is 288 g/mol. The molecule has 0 spiro atoms. The van der Waals surface area contributed by atoms with Gasteiger partial charge in [0.25, 0.3) is 0 Å². The van der Waals surface area contributed by atoms with Crippen LogP contribution in [-0.4, -0.2) is 10.8 Å². The van der Waals surface area contributed by atoms with Gasteiger partial charge >= 0.3 is 0 Å². The van der Waals surface area contributed by atoms with Gasteiger partial charge in [-0.05, 0) is 29.7 Å². The highest BCUT2D eigenvalue weighted by molar-refractivity contribution is 5.98. The predicted octanol–water partition coefficient (Wildman–Crippen LogP) is -1.30. The second kappa shape index (κ2) is 6.33. The van der Waals surface area contributed by atoms with Crippen molar-refractivity contribution in [2.24, 2.45) is 0 Å². The zero-order valence-electron chi connectivity index (χ0n) is 11.1. The standard InChI is InChI=1S/C16H12N2O2.ClH/c19-15(11-18-8-2-1-3-9-18)13-4-6-14-12(10-13)5-7-16(20)17-14;/h1-10H,11H2;1H. The van der Waals surface area contributed by atoms with Crippen molar-refractivity contribution in [3.63, 3.8) is 0 Å². The molecule has 3 aromatic rings. The van der Waals surface area contributed by atoms with E-state index in [-0.39, 0.29) is 23.7 Å². The first-order valence-electron chi connectivity index (χ1n) is 6.33. The normalized spacial score (nSPS) is 10.1. The summed E-state index contributed by atoms with van der Waals surface area (Å²) < 4.78 is 1.83. The van der Waals surface area contributed by atoms with E-state index in [0.29, 0.717) is 12.1 Å². The molecule has 3 rings (SSSR count). The van der Waals surface area contributed by atoms with E-state index >= 15 is 0 Å². The molecule has 0 atom stereocenters. The lowest BCUT2D eigenvalue weighted by Crippen LogP contribution is -3.00. The topological polar surface area (TPSA) is 53.8 Å². The Morgan fingerprint density at radius 3 is 2.57 bits per heavy atom. The van der Waals surface area contributed by atoms with Crippen LogP contribution in [0.2, 0.25) is 0 Å². The summed E-state index contributed by atoms with van der Waals surface area (Å²) in [5, 5.41) is 0.855. The van der Waals surface area contributed by atoms with Crippen LogP contribution in [0.5, 0.6) is 0 Å². The van der Waals surface area contributed by atoms with Crippen molar-refractivity contribution in [3.05, 3.63) is 76.8 Å². The molecule has 21 heavy (non-hydrogen) atoms. The Labute approximate surface area is 127 Å². The number of Topliss-reactive ketones (excluding diaryl/α,β-unsaturated/α-hetero) is 1. The number of H-pyrrole nitrogens is 1. The van der Waals surface area contributed by atoms with Gasteiger partial charge in [-0.25, -0.2) is 0 Å². The lowest BCUT2D eigenvalue weighted by molar-refractivity contribution is -0.683. The molecule has 0 aliphatic carbocycles. The molecule has 0 saturated heterocycles. The fraction of sp³-hybridized carbons (Fsp3) is 0.0625. The average Bonchev–Trinajstić information content (AvgIpc) is 2.47. The van der Waals surface area contributed by atoms with Crippen LogP contribution in [0.25, 0.3) is 10.9 Å². The summed E-state index contributed by atoms with van der Waals surface area (Å²) in [6, 6.07) is 14.2. The van der Waals surface area contributed by atoms with Crippen molar-refractivity contribution < 1.29 is 21.8 Å². The van der Waals surface area contributed by atoms with Gasteiger partial charge in [0.2, 0.25) is 17.9 Å². The summed E-state index contributed by atoms with van der Waals surface area (Å²) in [6.07, 6.45) is 3.72. The van der Waals surface area contributed by atoms with E-state index in [1.54, 1.807) is 24.3 Å². The van der Waals surface area contributed by atoms with E-state index in [1.807, 2.05) is 35.2 Å². The van der Waals surface area contributed by atoms with Crippen molar-refractivity contribution in [2.45, 2.75) is 6.54 Å². The smallest absolute Gasteiger partial charge is 0.248 e. The molecule has 0 saturated carbocycles. The fourth-order valence-corrected chi connectivity index (χ4v) is 2.12. The Hall–Kier alpha value is -2.46. The van der Waals surface area contributed by atoms with E-state index < -0.39 is 0 Å². The maximum Gasteiger partial charge on any atom is 0.248 e. The van der Waals surface area contributed by atoms with Crippen LogP contribution >= 0.6 is 0 Å². The number of halogens is 1. The van der Waals surface area contributed by atoms with Crippen LogP contribution in [0.1, 0.15) is 10.4 Å². The van der Waals surface area contributed by atoms with Crippen molar-refractivity contribution in [3.8, 4) is 0 Å². The lowest BCUT2D eigenvalue weighted by atomic mass is 10.1. The van der Waals surface area contributed by atoms with E-state index in [9.17, 15) is 9.59 Å². The Balaban J connectivity index is 0.00000161. The average molecular weight is 301 g/mol. The first-order chi connectivity index (χ1) is 9.72. The van der Waals surface area contributed by atoms with Crippen LogP contribution in [0, 0.1) is 0 Å². The zero-order valence-corrected chi connectivity index (χ0v) is 11.9. The van der Waals surface area contributed by atoms with Crippen LogP contribution in [-0.2, 0) is 6.54 Å². The third kappa shape index (κ3) is 3.35. The van der Waals surface area contributed by atoms with E-state index in [2.05, 4.69) is 4.98 Å². The molecule has 2 aromatic heterocycles. The molecule has 2 heterocycles. The molecule has 0 bridgehead atoms. The molecule has 0 aliphatic heterocycles. The van der Waals surface area contributed by atoms with Gasteiger partial charge in [0.15, 0.2) is 12.4 Å². The number of aromatic nitrogens is 2. The van der Waals surface area contributed by atoms with Gasteiger partial charge in [0.1, 0.15) is 0 Å². The van der Waals surface area contributed by atoms with Crippen molar-refractivity contribution in [2.75, 3.05) is 0 Å². The number of pyridine rings is 2. The van der Waals surface area contributed by atoms with Crippen LogP contribution in [0.3, 0.4) is 0 Å². The molecule has 5 heteroatoms. The van der Waals surface area contributed by atoms with Gasteiger partial charge in [-0.2, -0.15) is 4.57 Å². The second-order valence-electron chi connectivity index (χ2n) is 4.60. The minimum atomic E-state index is -0.142. The van der Waals surface area contributed by atoms with E-state index in [1.165, 1.54) is 6.07 Å². The summed E-state index contributed by atoms with van der Waals surface area (Å²) in [6.45, 7) is 0.301. The Bertz CT molecular complexity index is 828. The number of carbonyl (C=O) groups excluding carboxylic acids is 1. The van der Waals surface area contributed by atoms with E-state index in [4.69, 9.17) is 0 Å². The van der Waals surface area contributed by atoms with Gasteiger partial charge in [-0.15, -0.1) is 0 Å². The Morgan fingerprint density at radius 1 is 1.05 bits per heavy atom. The molecule has 0 fully saturated rings. The molecule has 0 unspecified atom stereocenters. The first-order valence-corrected chi connectivity index (χ1v) is 6.33. The molecule has 0 radical (unpaired) electrons. The molecule has 106 valence electrons. The molecule has 0 aliphatic rings. The van der Waals surface area contributed by atoms with Crippen molar-refractivity contribution >= 4 is 16.7 Å². The molecule has 4 nitrogen and oxygen atoms in total. The largest absolute Gasteiger partial charge is 1.00 e. The van der Waals surface area contributed by atoms with Crippen LogP contribution < -0.4 is 22.5 Å². The number of nitrogens with zero attached hydrogens (tertiary/aromatic N) is 1. The monoisotopic (exact) mass is 300 g/mol. The highest BCUT2D eigenvalue weighted by Crippen LogP contribution is 2.12. The Kier molecular flexibility index (Phi) is 4.50. The maximum absolute atomic E-state index is 12.2. The number of carbonyl (C=O) groups is 1. The number of benzene rings is 1.